The van der Waals surface area contributed by atoms with E-state index in [4.69, 9.17) is 16.3 Å². The predicted octanol–water partition coefficient (Wildman–Crippen LogP) is 3.73. The molecule has 1 aliphatic carbocycles. The normalized spacial score (nSPS) is 22.8. The molecule has 1 fully saturated rings. The van der Waals surface area contributed by atoms with Crippen molar-refractivity contribution in [3.63, 3.8) is 0 Å². The quantitative estimate of drug-likeness (QED) is 0.848. The van der Waals surface area contributed by atoms with E-state index in [0.717, 1.165) is 12.1 Å². The third-order valence-electron chi connectivity index (χ3n) is 3.59. The molecule has 0 saturated heterocycles. The molecule has 0 radical (unpaired) electrons. The summed E-state index contributed by atoms with van der Waals surface area (Å²) < 4.78 is 4.71. The van der Waals surface area contributed by atoms with Gasteiger partial charge in [-0.05, 0) is 37.0 Å². The highest BCUT2D eigenvalue weighted by atomic mass is 35.5. The van der Waals surface area contributed by atoms with Crippen LogP contribution in [0.4, 0.5) is 5.69 Å². The molecule has 0 amide bonds. The Labute approximate surface area is 112 Å². The Morgan fingerprint density at radius 3 is 2.83 bits per heavy atom. The standard InChI is InChI=1S/C14H18ClNO2/c1-9-4-3-5-12(9)16-13-8-10(14(17)18-2)6-7-11(13)15/h6-9,12,16H,3-5H2,1-2H3. The molecule has 2 unspecified atom stereocenters. The number of carbonyl (C=O) groups excluding carboxylic acids is 1. The second-order valence-electron chi connectivity index (χ2n) is 4.85. The van der Waals surface area contributed by atoms with Crippen LogP contribution in [0.25, 0.3) is 0 Å². The van der Waals surface area contributed by atoms with Crippen molar-refractivity contribution in [2.75, 3.05) is 12.4 Å². The lowest BCUT2D eigenvalue weighted by Crippen LogP contribution is -2.22. The highest BCUT2D eigenvalue weighted by molar-refractivity contribution is 6.33. The summed E-state index contributed by atoms with van der Waals surface area (Å²) in [6, 6.07) is 5.61. The zero-order valence-corrected chi connectivity index (χ0v) is 11.5. The van der Waals surface area contributed by atoms with Gasteiger partial charge in [0.25, 0.3) is 0 Å². The molecular weight excluding hydrogens is 250 g/mol. The fourth-order valence-corrected chi connectivity index (χ4v) is 2.61. The van der Waals surface area contributed by atoms with Gasteiger partial charge < -0.3 is 10.1 Å². The molecule has 1 saturated carbocycles. The van der Waals surface area contributed by atoms with Gasteiger partial charge in [-0.15, -0.1) is 0 Å². The van der Waals surface area contributed by atoms with Crippen molar-refractivity contribution in [3.8, 4) is 0 Å². The molecule has 0 aliphatic heterocycles. The van der Waals surface area contributed by atoms with E-state index in [1.54, 1.807) is 18.2 Å². The van der Waals surface area contributed by atoms with Crippen LogP contribution in [-0.4, -0.2) is 19.1 Å². The van der Waals surface area contributed by atoms with E-state index < -0.39 is 0 Å². The first kappa shape index (κ1) is 13.2. The highest BCUT2D eigenvalue weighted by Gasteiger charge is 2.23. The molecular formula is C14H18ClNO2. The number of hydrogen-bond acceptors (Lipinski definition) is 3. The average molecular weight is 268 g/mol. The topological polar surface area (TPSA) is 38.3 Å². The van der Waals surface area contributed by atoms with E-state index >= 15 is 0 Å². The maximum atomic E-state index is 11.5. The number of carbonyl (C=O) groups is 1. The van der Waals surface area contributed by atoms with Gasteiger partial charge in [-0.2, -0.15) is 0 Å². The third-order valence-corrected chi connectivity index (χ3v) is 3.92. The number of halogens is 1. The number of hydrogen-bond donors (Lipinski definition) is 1. The number of benzene rings is 1. The largest absolute Gasteiger partial charge is 0.465 e. The monoisotopic (exact) mass is 267 g/mol. The van der Waals surface area contributed by atoms with E-state index in [1.165, 1.54) is 20.0 Å². The van der Waals surface area contributed by atoms with Crippen LogP contribution in [0.3, 0.4) is 0 Å². The van der Waals surface area contributed by atoms with Gasteiger partial charge in [0.15, 0.2) is 0 Å². The number of methoxy groups -OCH3 is 1. The molecule has 4 heteroatoms. The predicted molar refractivity (Wildman–Crippen MR) is 73.2 cm³/mol. The number of rotatable bonds is 3. The summed E-state index contributed by atoms with van der Waals surface area (Å²) >= 11 is 6.16. The van der Waals surface area contributed by atoms with Crippen LogP contribution in [-0.2, 0) is 4.74 Å². The summed E-state index contributed by atoms with van der Waals surface area (Å²) in [5, 5.41) is 4.08. The Balaban J connectivity index is 2.18. The van der Waals surface area contributed by atoms with Crippen molar-refractivity contribution in [2.24, 2.45) is 5.92 Å². The summed E-state index contributed by atoms with van der Waals surface area (Å²) in [5.41, 5.74) is 1.34. The summed E-state index contributed by atoms with van der Waals surface area (Å²) in [4.78, 5) is 11.5. The Kier molecular flexibility index (Phi) is 4.12. The molecule has 98 valence electrons. The fraction of sp³-hybridized carbons (Fsp3) is 0.500. The molecule has 0 bridgehead atoms. The van der Waals surface area contributed by atoms with Crippen molar-refractivity contribution in [1.29, 1.82) is 0 Å². The van der Waals surface area contributed by atoms with Crippen LogP contribution < -0.4 is 5.32 Å². The molecule has 0 aromatic heterocycles. The highest BCUT2D eigenvalue weighted by Crippen LogP contribution is 2.31. The Bertz CT molecular complexity index is 447. The van der Waals surface area contributed by atoms with E-state index in [0.29, 0.717) is 22.5 Å². The lowest BCUT2D eigenvalue weighted by atomic mass is 10.1. The minimum absolute atomic E-state index is 0.339. The van der Waals surface area contributed by atoms with Crippen molar-refractivity contribution in [3.05, 3.63) is 28.8 Å². The van der Waals surface area contributed by atoms with Crippen LogP contribution >= 0.6 is 11.6 Å². The molecule has 18 heavy (non-hydrogen) atoms. The molecule has 3 nitrogen and oxygen atoms in total. The molecule has 1 N–H and O–H groups in total. The van der Waals surface area contributed by atoms with Crippen LogP contribution in [0, 0.1) is 5.92 Å². The van der Waals surface area contributed by atoms with Gasteiger partial charge in [0.1, 0.15) is 0 Å². The Morgan fingerprint density at radius 1 is 1.44 bits per heavy atom. The van der Waals surface area contributed by atoms with Crippen LogP contribution in [0.1, 0.15) is 36.5 Å². The van der Waals surface area contributed by atoms with Crippen molar-refractivity contribution in [1.82, 2.24) is 0 Å². The van der Waals surface area contributed by atoms with Gasteiger partial charge in [0.05, 0.1) is 23.4 Å². The molecule has 1 aromatic carbocycles. The zero-order chi connectivity index (χ0) is 13.1. The van der Waals surface area contributed by atoms with Gasteiger partial charge in [-0.1, -0.05) is 24.9 Å². The minimum Gasteiger partial charge on any atom is -0.465 e. The van der Waals surface area contributed by atoms with Crippen molar-refractivity contribution < 1.29 is 9.53 Å². The second kappa shape index (κ2) is 5.61. The van der Waals surface area contributed by atoms with E-state index in [2.05, 4.69) is 12.2 Å². The SMILES string of the molecule is COC(=O)c1ccc(Cl)c(NC2CCCC2C)c1. The zero-order valence-electron chi connectivity index (χ0n) is 10.7. The van der Waals surface area contributed by atoms with Gasteiger partial charge >= 0.3 is 5.97 Å². The van der Waals surface area contributed by atoms with Crippen molar-refractivity contribution in [2.45, 2.75) is 32.2 Å². The van der Waals surface area contributed by atoms with Crippen molar-refractivity contribution >= 4 is 23.3 Å². The van der Waals surface area contributed by atoms with Crippen LogP contribution in [0.2, 0.25) is 5.02 Å². The molecule has 1 aliphatic rings. The first-order valence-corrected chi connectivity index (χ1v) is 6.64. The maximum absolute atomic E-state index is 11.5. The van der Waals surface area contributed by atoms with E-state index in [9.17, 15) is 4.79 Å². The summed E-state index contributed by atoms with van der Waals surface area (Å²) in [6.45, 7) is 2.24. The Hall–Kier alpha value is -1.22. The van der Waals surface area contributed by atoms with Gasteiger partial charge in [0.2, 0.25) is 0 Å². The summed E-state index contributed by atoms with van der Waals surface area (Å²) in [5.74, 6) is 0.303. The summed E-state index contributed by atoms with van der Waals surface area (Å²) in [7, 11) is 1.38. The van der Waals surface area contributed by atoms with E-state index in [-0.39, 0.29) is 5.97 Å². The van der Waals surface area contributed by atoms with Crippen LogP contribution in [0.15, 0.2) is 18.2 Å². The number of anilines is 1. The lowest BCUT2D eigenvalue weighted by Gasteiger charge is -2.20. The van der Waals surface area contributed by atoms with Gasteiger partial charge in [0, 0.05) is 6.04 Å². The van der Waals surface area contributed by atoms with E-state index in [1.807, 2.05) is 0 Å². The van der Waals surface area contributed by atoms with Gasteiger partial charge in [-0.3, -0.25) is 0 Å². The minimum atomic E-state index is -0.339. The fourth-order valence-electron chi connectivity index (χ4n) is 2.44. The van der Waals surface area contributed by atoms with Gasteiger partial charge in [-0.25, -0.2) is 4.79 Å². The molecule has 2 rings (SSSR count). The number of esters is 1. The first-order chi connectivity index (χ1) is 8.61. The molecule has 0 heterocycles. The maximum Gasteiger partial charge on any atom is 0.337 e. The lowest BCUT2D eigenvalue weighted by molar-refractivity contribution is 0.0601. The first-order valence-electron chi connectivity index (χ1n) is 6.26. The third kappa shape index (κ3) is 2.78. The number of nitrogens with one attached hydrogen (secondary N) is 1. The Morgan fingerprint density at radius 2 is 2.22 bits per heavy atom. The second-order valence-corrected chi connectivity index (χ2v) is 5.25. The molecule has 0 spiro atoms. The number of ether oxygens (including phenoxy) is 1. The van der Waals surface area contributed by atoms with Crippen LogP contribution in [0.5, 0.6) is 0 Å². The molecule has 2 atom stereocenters. The average Bonchev–Trinajstić information content (AvgIpc) is 2.77. The smallest absolute Gasteiger partial charge is 0.337 e. The molecule has 1 aromatic rings. The summed E-state index contributed by atoms with van der Waals surface area (Å²) in [6.07, 6.45) is 3.64.